The lowest BCUT2D eigenvalue weighted by atomic mass is 10.0. The number of ether oxygens (including phenoxy) is 2. The number of esters is 1. The molecule has 0 N–H and O–H groups in total. The van der Waals surface area contributed by atoms with Gasteiger partial charge in [0.1, 0.15) is 11.5 Å². The van der Waals surface area contributed by atoms with Gasteiger partial charge in [-0.15, -0.1) is 0 Å². The number of hydrogen-bond acceptors (Lipinski definition) is 3. The molecule has 1 aliphatic rings. The Hall–Kier alpha value is -2.55. The molecule has 3 heteroatoms. The van der Waals surface area contributed by atoms with Crippen LogP contribution in [0.2, 0.25) is 0 Å². The van der Waals surface area contributed by atoms with Gasteiger partial charge in [-0.25, -0.2) is 4.79 Å². The summed E-state index contributed by atoms with van der Waals surface area (Å²) in [7, 11) is 1.63. The summed E-state index contributed by atoms with van der Waals surface area (Å²) < 4.78 is 10.5. The van der Waals surface area contributed by atoms with Crippen molar-refractivity contribution in [2.24, 2.45) is 0 Å². The normalized spacial score (nSPS) is 15.1. The van der Waals surface area contributed by atoms with Crippen molar-refractivity contribution in [3.8, 4) is 5.75 Å². The van der Waals surface area contributed by atoms with Crippen LogP contribution in [0.1, 0.15) is 27.0 Å². The van der Waals surface area contributed by atoms with Gasteiger partial charge in [0, 0.05) is 5.56 Å². The maximum atomic E-state index is 11.9. The van der Waals surface area contributed by atoms with E-state index in [1.165, 1.54) is 0 Å². The Labute approximate surface area is 117 Å². The first-order valence-corrected chi connectivity index (χ1v) is 6.37. The predicted molar refractivity (Wildman–Crippen MR) is 77.5 cm³/mol. The van der Waals surface area contributed by atoms with Crippen LogP contribution in [0.3, 0.4) is 0 Å². The molecular formula is C17H14O3. The number of carbonyl (C=O) groups is 1. The second kappa shape index (κ2) is 4.85. The standard InChI is InChI=1S/C17H14O3/c1-11-4-3-5-14-15(20-17(18)16(11)14)10-12-6-8-13(19-2)9-7-12/h3-10H,1-2H3/b15-10-. The summed E-state index contributed by atoms with van der Waals surface area (Å²) in [5, 5.41) is 0. The van der Waals surface area contributed by atoms with E-state index in [0.717, 1.165) is 22.4 Å². The molecule has 100 valence electrons. The van der Waals surface area contributed by atoms with Crippen LogP contribution in [-0.4, -0.2) is 13.1 Å². The molecule has 0 unspecified atom stereocenters. The van der Waals surface area contributed by atoms with E-state index < -0.39 is 0 Å². The van der Waals surface area contributed by atoms with Crippen LogP contribution in [0.4, 0.5) is 0 Å². The van der Waals surface area contributed by atoms with Gasteiger partial charge in [0.2, 0.25) is 0 Å². The van der Waals surface area contributed by atoms with Crippen molar-refractivity contribution >= 4 is 17.8 Å². The Bertz CT molecular complexity index is 697. The van der Waals surface area contributed by atoms with E-state index in [1.54, 1.807) is 7.11 Å². The molecule has 0 fully saturated rings. The summed E-state index contributed by atoms with van der Waals surface area (Å²) in [5.41, 5.74) is 3.41. The lowest BCUT2D eigenvalue weighted by molar-refractivity contribution is 0.0716. The van der Waals surface area contributed by atoms with Crippen LogP contribution in [0.5, 0.6) is 5.75 Å². The van der Waals surface area contributed by atoms with Crippen LogP contribution in [0.25, 0.3) is 11.8 Å². The van der Waals surface area contributed by atoms with E-state index in [2.05, 4.69) is 0 Å². The molecule has 0 aromatic heterocycles. The molecule has 20 heavy (non-hydrogen) atoms. The third-order valence-electron chi connectivity index (χ3n) is 3.36. The van der Waals surface area contributed by atoms with E-state index in [9.17, 15) is 4.79 Å². The summed E-state index contributed by atoms with van der Waals surface area (Å²) >= 11 is 0. The predicted octanol–water partition coefficient (Wildman–Crippen LogP) is 3.67. The SMILES string of the molecule is COc1ccc(/C=C2\OC(=O)c3c(C)cccc32)cc1. The van der Waals surface area contributed by atoms with Crippen molar-refractivity contribution in [2.45, 2.75) is 6.92 Å². The minimum atomic E-state index is -0.280. The molecule has 3 rings (SSSR count). The van der Waals surface area contributed by atoms with Gasteiger partial charge in [-0.1, -0.05) is 30.3 Å². The van der Waals surface area contributed by atoms with E-state index in [-0.39, 0.29) is 5.97 Å². The number of fused-ring (bicyclic) bond motifs is 1. The Morgan fingerprint density at radius 1 is 1.10 bits per heavy atom. The summed E-state index contributed by atoms with van der Waals surface area (Å²) in [6.07, 6.45) is 1.86. The second-order valence-corrected chi connectivity index (χ2v) is 4.67. The molecule has 3 nitrogen and oxygen atoms in total. The Balaban J connectivity index is 2.02. The second-order valence-electron chi connectivity index (χ2n) is 4.67. The lowest BCUT2D eigenvalue weighted by Gasteiger charge is -2.01. The van der Waals surface area contributed by atoms with Crippen molar-refractivity contribution in [3.05, 3.63) is 64.7 Å². The van der Waals surface area contributed by atoms with E-state index in [4.69, 9.17) is 9.47 Å². The third-order valence-corrected chi connectivity index (χ3v) is 3.36. The van der Waals surface area contributed by atoms with Crippen LogP contribution >= 0.6 is 0 Å². The zero-order valence-corrected chi connectivity index (χ0v) is 11.3. The fraction of sp³-hybridized carbons (Fsp3) is 0.118. The number of hydrogen-bond donors (Lipinski definition) is 0. The topological polar surface area (TPSA) is 35.5 Å². The zero-order valence-electron chi connectivity index (χ0n) is 11.3. The van der Waals surface area contributed by atoms with Crippen LogP contribution in [0, 0.1) is 6.92 Å². The highest BCUT2D eigenvalue weighted by Crippen LogP contribution is 2.33. The highest BCUT2D eigenvalue weighted by Gasteiger charge is 2.27. The number of carbonyl (C=O) groups excluding carboxylic acids is 1. The summed E-state index contributed by atoms with van der Waals surface area (Å²) in [6.45, 7) is 1.91. The van der Waals surface area contributed by atoms with Gasteiger partial charge in [-0.3, -0.25) is 0 Å². The van der Waals surface area contributed by atoms with E-state index in [1.807, 2.05) is 55.5 Å². The van der Waals surface area contributed by atoms with Gasteiger partial charge in [0.25, 0.3) is 0 Å². The maximum Gasteiger partial charge on any atom is 0.344 e. The van der Waals surface area contributed by atoms with Gasteiger partial charge < -0.3 is 9.47 Å². The summed E-state index contributed by atoms with van der Waals surface area (Å²) in [5.74, 6) is 1.11. The molecule has 0 amide bonds. The zero-order chi connectivity index (χ0) is 14.1. The molecule has 0 saturated carbocycles. The number of cyclic esters (lactones) is 1. The average molecular weight is 266 g/mol. The Morgan fingerprint density at radius 2 is 1.85 bits per heavy atom. The first kappa shape index (κ1) is 12.5. The van der Waals surface area contributed by atoms with Crippen molar-refractivity contribution < 1.29 is 14.3 Å². The number of rotatable bonds is 2. The molecule has 1 aliphatic heterocycles. The highest BCUT2D eigenvalue weighted by molar-refractivity contribution is 6.06. The van der Waals surface area contributed by atoms with Crippen molar-refractivity contribution in [1.29, 1.82) is 0 Å². The smallest absolute Gasteiger partial charge is 0.344 e. The number of methoxy groups -OCH3 is 1. The summed E-state index contributed by atoms with van der Waals surface area (Å²) in [4.78, 5) is 11.9. The average Bonchev–Trinajstić information content (AvgIpc) is 2.77. The van der Waals surface area contributed by atoms with Crippen LogP contribution in [-0.2, 0) is 4.74 Å². The van der Waals surface area contributed by atoms with Crippen molar-refractivity contribution in [2.75, 3.05) is 7.11 Å². The molecule has 0 bridgehead atoms. The van der Waals surface area contributed by atoms with E-state index >= 15 is 0 Å². The Morgan fingerprint density at radius 3 is 2.55 bits per heavy atom. The van der Waals surface area contributed by atoms with E-state index in [0.29, 0.717) is 11.3 Å². The highest BCUT2D eigenvalue weighted by atomic mass is 16.5. The molecule has 2 aromatic carbocycles. The fourth-order valence-electron chi connectivity index (χ4n) is 2.31. The number of benzene rings is 2. The number of aryl methyl sites for hydroxylation is 1. The summed E-state index contributed by atoms with van der Waals surface area (Å²) in [6, 6.07) is 13.3. The van der Waals surface area contributed by atoms with Gasteiger partial charge in [-0.2, -0.15) is 0 Å². The maximum absolute atomic E-state index is 11.9. The van der Waals surface area contributed by atoms with Gasteiger partial charge in [0.05, 0.1) is 12.7 Å². The quantitative estimate of drug-likeness (QED) is 0.778. The Kier molecular flexibility index (Phi) is 3.03. The van der Waals surface area contributed by atoms with Crippen LogP contribution < -0.4 is 4.74 Å². The molecule has 0 radical (unpaired) electrons. The minimum Gasteiger partial charge on any atom is -0.497 e. The minimum absolute atomic E-state index is 0.280. The first-order valence-electron chi connectivity index (χ1n) is 6.37. The molecular weight excluding hydrogens is 252 g/mol. The first-order chi connectivity index (χ1) is 9.69. The molecule has 0 saturated heterocycles. The van der Waals surface area contributed by atoms with Gasteiger partial charge in [0.15, 0.2) is 0 Å². The van der Waals surface area contributed by atoms with Gasteiger partial charge in [-0.05, 0) is 36.3 Å². The van der Waals surface area contributed by atoms with Crippen molar-refractivity contribution in [3.63, 3.8) is 0 Å². The molecule has 0 atom stereocenters. The molecule has 0 spiro atoms. The molecule has 0 aliphatic carbocycles. The molecule has 2 aromatic rings. The molecule has 1 heterocycles. The van der Waals surface area contributed by atoms with Crippen molar-refractivity contribution in [1.82, 2.24) is 0 Å². The largest absolute Gasteiger partial charge is 0.497 e. The fourth-order valence-corrected chi connectivity index (χ4v) is 2.31. The monoisotopic (exact) mass is 266 g/mol. The third kappa shape index (κ3) is 2.07. The van der Waals surface area contributed by atoms with Gasteiger partial charge >= 0.3 is 5.97 Å². The van der Waals surface area contributed by atoms with Crippen LogP contribution in [0.15, 0.2) is 42.5 Å². The lowest BCUT2D eigenvalue weighted by Crippen LogP contribution is -1.96.